The Balaban J connectivity index is 1.54. The van der Waals surface area contributed by atoms with Crippen molar-refractivity contribution in [2.45, 2.75) is 22.8 Å². The minimum Gasteiger partial charge on any atom is -0.374 e. The number of hydrogen-bond donors (Lipinski definition) is 0. The van der Waals surface area contributed by atoms with Crippen LogP contribution in [0.2, 0.25) is 5.02 Å². The Morgan fingerprint density at radius 2 is 1.61 bits per heavy atom. The maximum atomic E-state index is 6.46. The molecular formula is C24H24ClNOS. The van der Waals surface area contributed by atoms with Gasteiger partial charge in [-0.2, -0.15) is 0 Å². The number of benzene rings is 3. The molecule has 1 aliphatic rings. The minimum absolute atomic E-state index is 0.112. The molecule has 0 aliphatic carbocycles. The van der Waals surface area contributed by atoms with Gasteiger partial charge in [-0.1, -0.05) is 84.4 Å². The van der Waals surface area contributed by atoms with E-state index in [1.165, 1.54) is 11.1 Å². The standard InChI is InChI=1S/C24H24ClNOS/c25-21-13-7-8-14-23(21)28-24(20-11-5-2-6-12-20)22-18-26(15-16-27-22)17-19-9-3-1-4-10-19/h1-14,22,24H,15-18H2/t22-,24?/m1/s1. The number of rotatable bonds is 6. The van der Waals surface area contributed by atoms with E-state index in [9.17, 15) is 0 Å². The van der Waals surface area contributed by atoms with Crippen molar-refractivity contribution in [1.82, 2.24) is 4.90 Å². The van der Waals surface area contributed by atoms with E-state index in [2.05, 4.69) is 71.6 Å². The lowest BCUT2D eigenvalue weighted by Gasteiger charge is -2.37. The van der Waals surface area contributed by atoms with Crippen molar-refractivity contribution in [1.29, 1.82) is 0 Å². The fourth-order valence-electron chi connectivity index (χ4n) is 3.58. The molecule has 0 amide bonds. The predicted molar refractivity (Wildman–Crippen MR) is 118 cm³/mol. The highest BCUT2D eigenvalue weighted by Crippen LogP contribution is 2.42. The number of halogens is 1. The average Bonchev–Trinajstić information content (AvgIpc) is 2.75. The molecule has 2 nitrogen and oxygen atoms in total. The van der Waals surface area contributed by atoms with Crippen molar-refractivity contribution >= 4 is 23.4 Å². The molecule has 1 saturated heterocycles. The van der Waals surface area contributed by atoms with Crippen LogP contribution in [-0.2, 0) is 11.3 Å². The van der Waals surface area contributed by atoms with Gasteiger partial charge in [-0.3, -0.25) is 4.90 Å². The van der Waals surface area contributed by atoms with Crippen LogP contribution >= 0.6 is 23.4 Å². The van der Waals surface area contributed by atoms with Gasteiger partial charge >= 0.3 is 0 Å². The summed E-state index contributed by atoms with van der Waals surface area (Å²) in [6.07, 6.45) is 0.112. The quantitative estimate of drug-likeness (QED) is 0.458. The van der Waals surface area contributed by atoms with Crippen LogP contribution in [0.1, 0.15) is 16.4 Å². The molecule has 28 heavy (non-hydrogen) atoms. The van der Waals surface area contributed by atoms with Gasteiger partial charge in [-0.15, -0.1) is 11.8 Å². The third-order valence-corrected chi connectivity index (χ3v) is 6.86. The van der Waals surface area contributed by atoms with Crippen molar-refractivity contribution < 1.29 is 4.74 Å². The molecule has 0 spiro atoms. The second-order valence-corrected chi connectivity index (χ2v) is 8.60. The second kappa shape index (κ2) is 9.62. The van der Waals surface area contributed by atoms with Crippen LogP contribution in [0.4, 0.5) is 0 Å². The molecule has 4 rings (SSSR count). The molecule has 0 aromatic heterocycles. The normalized spacial score (nSPS) is 18.7. The summed E-state index contributed by atoms with van der Waals surface area (Å²) in [5.41, 5.74) is 2.62. The summed E-state index contributed by atoms with van der Waals surface area (Å²) in [7, 11) is 0. The van der Waals surface area contributed by atoms with Gasteiger partial charge in [0.05, 0.1) is 23.0 Å². The first-order chi connectivity index (χ1) is 13.8. The monoisotopic (exact) mass is 409 g/mol. The van der Waals surface area contributed by atoms with Crippen molar-refractivity contribution in [3.05, 3.63) is 101 Å². The Labute approximate surface area is 176 Å². The highest BCUT2D eigenvalue weighted by Gasteiger charge is 2.30. The first-order valence-corrected chi connectivity index (χ1v) is 10.9. The van der Waals surface area contributed by atoms with E-state index in [-0.39, 0.29) is 11.4 Å². The third kappa shape index (κ3) is 4.98. The van der Waals surface area contributed by atoms with Crippen molar-refractivity contribution in [3.8, 4) is 0 Å². The molecule has 0 N–H and O–H groups in total. The predicted octanol–water partition coefficient (Wildman–Crippen LogP) is 6.07. The summed E-state index contributed by atoms with van der Waals surface area (Å²) < 4.78 is 6.27. The molecule has 1 aliphatic heterocycles. The minimum atomic E-state index is 0.112. The Kier molecular flexibility index (Phi) is 6.71. The summed E-state index contributed by atoms with van der Waals surface area (Å²) in [4.78, 5) is 3.59. The maximum absolute atomic E-state index is 6.46. The SMILES string of the molecule is Clc1ccccc1SC(c1ccccc1)[C@H]1CN(Cc2ccccc2)CCO1. The summed E-state index contributed by atoms with van der Waals surface area (Å²) in [6.45, 7) is 3.58. The summed E-state index contributed by atoms with van der Waals surface area (Å²) in [5, 5.41) is 0.991. The van der Waals surface area contributed by atoms with Crippen LogP contribution in [-0.4, -0.2) is 30.7 Å². The molecule has 3 aromatic carbocycles. The Morgan fingerprint density at radius 1 is 0.929 bits per heavy atom. The fraction of sp³-hybridized carbons (Fsp3) is 0.250. The Morgan fingerprint density at radius 3 is 2.36 bits per heavy atom. The lowest BCUT2D eigenvalue weighted by Crippen LogP contribution is -2.44. The first kappa shape index (κ1) is 19.5. The molecular weight excluding hydrogens is 386 g/mol. The van der Waals surface area contributed by atoms with E-state index >= 15 is 0 Å². The third-order valence-electron chi connectivity index (χ3n) is 4.98. The number of thioether (sulfide) groups is 1. The van der Waals surface area contributed by atoms with Gasteiger partial charge in [0.2, 0.25) is 0 Å². The molecule has 2 atom stereocenters. The van der Waals surface area contributed by atoms with Crippen LogP contribution in [0.25, 0.3) is 0 Å². The van der Waals surface area contributed by atoms with Crippen LogP contribution in [0, 0.1) is 0 Å². The van der Waals surface area contributed by atoms with Gasteiger partial charge in [0.1, 0.15) is 0 Å². The lowest BCUT2D eigenvalue weighted by molar-refractivity contribution is -0.0319. The van der Waals surface area contributed by atoms with Gasteiger partial charge in [-0.25, -0.2) is 0 Å². The van der Waals surface area contributed by atoms with E-state index in [1.807, 2.05) is 18.2 Å². The van der Waals surface area contributed by atoms with Crippen LogP contribution in [0.3, 0.4) is 0 Å². The maximum Gasteiger partial charge on any atom is 0.0865 e. The Bertz CT molecular complexity index is 874. The summed E-state index contributed by atoms with van der Waals surface area (Å²) in [6, 6.07) is 29.4. The molecule has 4 heteroatoms. The molecule has 1 unspecified atom stereocenters. The van der Waals surface area contributed by atoms with E-state index in [4.69, 9.17) is 16.3 Å². The van der Waals surface area contributed by atoms with E-state index in [1.54, 1.807) is 11.8 Å². The van der Waals surface area contributed by atoms with Gasteiger partial charge in [0, 0.05) is 24.5 Å². The van der Waals surface area contributed by atoms with Crippen molar-refractivity contribution in [2.75, 3.05) is 19.7 Å². The first-order valence-electron chi connectivity index (χ1n) is 9.63. The van der Waals surface area contributed by atoms with Gasteiger partial charge in [0.25, 0.3) is 0 Å². The zero-order chi connectivity index (χ0) is 19.2. The van der Waals surface area contributed by atoms with Crippen molar-refractivity contribution in [2.24, 2.45) is 0 Å². The topological polar surface area (TPSA) is 12.5 Å². The van der Waals surface area contributed by atoms with E-state index in [0.717, 1.165) is 36.2 Å². The van der Waals surface area contributed by atoms with Crippen LogP contribution < -0.4 is 0 Å². The molecule has 3 aromatic rings. The zero-order valence-electron chi connectivity index (χ0n) is 15.7. The smallest absolute Gasteiger partial charge is 0.0865 e. The highest BCUT2D eigenvalue weighted by molar-refractivity contribution is 7.99. The number of hydrogen-bond acceptors (Lipinski definition) is 3. The summed E-state index contributed by atoms with van der Waals surface area (Å²) >= 11 is 8.26. The molecule has 0 bridgehead atoms. The average molecular weight is 410 g/mol. The molecule has 144 valence electrons. The van der Waals surface area contributed by atoms with Gasteiger partial charge in [-0.05, 0) is 23.3 Å². The second-order valence-electron chi connectivity index (χ2n) is 7.01. The van der Waals surface area contributed by atoms with Gasteiger partial charge in [0.15, 0.2) is 0 Å². The number of ether oxygens (including phenoxy) is 1. The van der Waals surface area contributed by atoms with Crippen LogP contribution in [0.15, 0.2) is 89.8 Å². The largest absolute Gasteiger partial charge is 0.374 e. The molecule has 0 saturated carbocycles. The molecule has 1 heterocycles. The number of nitrogens with zero attached hydrogens (tertiary/aromatic N) is 1. The summed E-state index contributed by atoms with van der Waals surface area (Å²) in [5.74, 6) is 0. The molecule has 0 radical (unpaired) electrons. The fourth-order valence-corrected chi connectivity index (χ4v) is 5.07. The number of morpholine rings is 1. The van der Waals surface area contributed by atoms with Crippen LogP contribution in [0.5, 0.6) is 0 Å². The van der Waals surface area contributed by atoms with E-state index < -0.39 is 0 Å². The van der Waals surface area contributed by atoms with E-state index in [0.29, 0.717) is 0 Å². The Hall–Kier alpha value is -1.78. The lowest BCUT2D eigenvalue weighted by atomic mass is 10.1. The molecule has 1 fully saturated rings. The van der Waals surface area contributed by atoms with Gasteiger partial charge < -0.3 is 4.74 Å². The zero-order valence-corrected chi connectivity index (χ0v) is 17.3. The van der Waals surface area contributed by atoms with Crippen molar-refractivity contribution in [3.63, 3.8) is 0 Å². The highest BCUT2D eigenvalue weighted by atomic mass is 35.5.